The molecule has 1 aromatic heterocycles. The zero-order valence-corrected chi connectivity index (χ0v) is 13.6. The average Bonchev–Trinajstić information content (AvgIpc) is 2.73. The second-order valence-electron chi connectivity index (χ2n) is 5.50. The Morgan fingerprint density at radius 3 is 2.79 bits per heavy atom. The second-order valence-corrected chi connectivity index (χ2v) is 7.30. The smallest absolute Gasteiger partial charge is 0.0931 e. The summed E-state index contributed by atoms with van der Waals surface area (Å²) in [6, 6.07) is 4.17. The van der Waals surface area contributed by atoms with Crippen molar-refractivity contribution < 1.29 is 0 Å². The van der Waals surface area contributed by atoms with Gasteiger partial charge in [-0.15, -0.1) is 11.3 Å². The Morgan fingerprint density at radius 2 is 2.16 bits per heavy atom. The number of nitrogens with zero attached hydrogens (tertiary/aromatic N) is 1. The van der Waals surface area contributed by atoms with Crippen LogP contribution in [0.5, 0.6) is 0 Å². The van der Waals surface area contributed by atoms with Crippen molar-refractivity contribution in [3.05, 3.63) is 21.3 Å². The summed E-state index contributed by atoms with van der Waals surface area (Å²) in [6.45, 7) is 9.31. The van der Waals surface area contributed by atoms with Crippen molar-refractivity contribution in [2.24, 2.45) is 0 Å². The molecule has 0 unspecified atom stereocenters. The molecule has 2 heterocycles. The van der Waals surface area contributed by atoms with Gasteiger partial charge in [-0.1, -0.05) is 25.4 Å². The van der Waals surface area contributed by atoms with E-state index in [4.69, 9.17) is 11.6 Å². The van der Waals surface area contributed by atoms with E-state index in [0.29, 0.717) is 5.54 Å². The molecular formula is C15H25ClN2S. The van der Waals surface area contributed by atoms with Crippen LogP contribution in [0.2, 0.25) is 4.34 Å². The number of nitrogens with one attached hydrogen (secondary N) is 1. The van der Waals surface area contributed by atoms with Gasteiger partial charge in [0.2, 0.25) is 0 Å². The van der Waals surface area contributed by atoms with Crippen molar-refractivity contribution in [2.75, 3.05) is 26.2 Å². The Kier molecular flexibility index (Phi) is 5.70. The van der Waals surface area contributed by atoms with Gasteiger partial charge >= 0.3 is 0 Å². The van der Waals surface area contributed by atoms with E-state index in [1.54, 1.807) is 11.3 Å². The zero-order valence-electron chi connectivity index (χ0n) is 12.0. The van der Waals surface area contributed by atoms with Crippen LogP contribution in [0.25, 0.3) is 0 Å². The fourth-order valence-corrected chi connectivity index (χ4v) is 3.96. The molecule has 0 bridgehead atoms. The normalized spacial score (nSPS) is 20.4. The van der Waals surface area contributed by atoms with Crippen molar-refractivity contribution in [3.8, 4) is 0 Å². The molecule has 0 spiro atoms. The van der Waals surface area contributed by atoms with Crippen LogP contribution in [0.4, 0.5) is 0 Å². The first-order valence-electron chi connectivity index (χ1n) is 7.39. The van der Waals surface area contributed by atoms with Gasteiger partial charge in [-0.05, 0) is 50.9 Å². The Bertz CT molecular complexity index is 387. The maximum absolute atomic E-state index is 5.99. The summed E-state index contributed by atoms with van der Waals surface area (Å²) in [5.41, 5.74) is 0.323. The quantitative estimate of drug-likeness (QED) is 0.890. The number of rotatable bonds is 5. The first kappa shape index (κ1) is 15.3. The highest BCUT2D eigenvalue weighted by Gasteiger charge is 2.29. The molecule has 4 heteroatoms. The van der Waals surface area contributed by atoms with Gasteiger partial charge in [0.15, 0.2) is 0 Å². The highest BCUT2D eigenvalue weighted by molar-refractivity contribution is 7.16. The van der Waals surface area contributed by atoms with Gasteiger partial charge in [-0.2, -0.15) is 0 Å². The molecule has 108 valence electrons. The van der Waals surface area contributed by atoms with Gasteiger partial charge in [0, 0.05) is 23.5 Å². The average molecular weight is 301 g/mol. The lowest BCUT2D eigenvalue weighted by molar-refractivity contribution is 0.199. The number of halogens is 1. The summed E-state index contributed by atoms with van der Waals surface area (Å²) < 4.78 is 0.906. The molecule has 1 aliphatic heterocycles. The summed E-state index contributed by atoms with van der Waals surface area (Å²) in [5, 5.41) is 3.77. The largest absolute Gasteiger partial charge is 0.310 e. The molecular weight excluding hydrogens is 276 g/mol. The van der Waals surface area contributed by atoms with Crippen LogP contribution < -0.4 is 5.32 Å². The van der Waals surface area contributed by atoms with Crippen LogP contribution >= 0.6 is 22.9 Å². The van der Waals surface area contributed by atoms with Crippen LogP contribution in [-0.4, -0.2) is 36.6 Å². The Labute approximate surface area is 126 Å². The number of hydrogen-bond acceptors (Lipinski definition) is 3. The Hall–Kier alpha value is -0.0900. The molecule has 1 aromatic rings. The first-order chi connectivity index (χ1) is 9.17. The molecule has 19 heavy (non-hydrogen) atoms. The molecule has 0 aliphatic carbocycles. The van der Waals surface area contributed by atoms with Crippen molar-refractivity contribution in [1.29, 1.82) is 0 Å². The first-order valence-corrected chi connectivity index (χ1v) is 8.58. The van der Waals surface area contributed by atoms with E-state index in [1.165, 1.54) is 37.2 Å². The molecule has 1 aliphatic rings. The van der Waals surface area contributed by atoms with Crippen LogP contribution in [0.1, 0.15) is 38.0 Å². The lowest BCUT2D eigenvalue weighted by Crippen LogP contribution is -2.50. The highest BCUT2D eigenvalue weighted by Crippen LogP contribution is 2.23. The van der Waals surface area contributed by atoms with Crippen molar-refractivity contribution in [3.63, 3.8) is 0 Å². The fraction of sp³-hybridized carbons (Fsp3) is 0.733. The topological polar surface area (TPSA) is 15.3 Å². The Balaban J connectivity index is 1.91. The van der Waals surface area contributed by atoms with E-state index in [0.717, 1.165) is 23.8 Å². The van der Waals surface area contributed by atoms with Gasteiger partial charge in [0.25, 0.3) is 0 Å². The summed E-state index contributed by atoms with van der Waals surface area (Å²) in [7, 11) is 0. The predicted octanol–water partition coefficient (Wildman–Crippen LogP) is 3.80. The van der Waals surface area contributed by atoms with Gasteiger partial charge in [-0.3, -0.25) is 0 Å². The molecule has 1 N–H and O–H groups in total. The summed E-state index contributed by atoms with van der Waals surface area (Å²) >= 11 is 7.71. The van der Waals surface area contributed by atoms with Crippen molar-refractivity contribution in [2.45, 2.75) is 45.1 Å². The zero-order chi connectivity index (χ0) is 13.7. The fourth-order valence-electron chi connectivity index (χ4n) is 2.89. The third kappa shape index (κ3) is 4.19. The molecule has 0 aromatic carbocycles. The molecule has 0 radical (unpaired) electrons. The minimum absolute atomic E-state index is 0.323. The van der Waals surface area contributed by atoms with E-state index >= 15 is 0 Å². The molecule has 2 nitrogen and oxygen atoms in total. The van der Waals surface area contributed by atoms with Crippen LogP contribution in [-0.2, 0) is 6.42 Å². The van der Waals surface area contributed by atoms with Crippen molar-refractivity contribution in [1.82, 2.24) is 10.2 Å². The monoisotopic (exact) mass is 300 g/mol. The van der Waals surface area contributed by atoms with Crippen molar-refractivity contribution >= 4 is 22.9 Å². The van der Waals surface area contributed by atoms with E-state index in [9.17, 15) is 0 Å². The third-order valence-electron chi connectivity index (χ3n) is 4.33. The van der Waals surface area contributed by atoms with Gasteiger partial charge in [-0.25, -0.2) is 0 Å². The van der Waals surface area contributed by atoms with Crippen LogP contribution in [0.15, 0.2) is 12.1 Å². The minimum atomic E-state index is 0.323. The van der Waals surface area contributed by atoms with Crippen LogP contribution in [0, 0.1) is 0 Å². The van der Waals surface area contributed by atoms with Gasteiger partial charge in [0.05, 0.1) is 4.34 Å². The summed E-state index contributed by atoms with van der Waals surface area (Å²) in [4.78, 5) is 4.03. The highest BCUT2D eigenvalue weighted by atomic mass is 35.5. The number of hydrogen-bond donors (Lipinski definition) is 1. The van der Waals surface area contributed by atoms with E-state index in [-0.39, 0.29) is 0 Å². The summed E-state index contributed by atoms with van der Waals surface area (Å²) in [5.74, 6) is 0. The standard InChI is InChI=1S/C15H25ClN2S/c1-3-15(4-2)12-18(10-5-9-17-15)11-8-13-6-7-14(16)19-13/h6-7,17H,3-5,8-12H2,1-2H3. The molecule has 1 fully saturated rings. The maximum Gasteiger partial charge on any atom is 0.0931 e. The van der Waals surface area contributed by atoms with Gasteiger partial charge < -0.3 is 10.2 Å². The van der Waals surface area contributed by atoms with E-state index < -0.39 is 0 Å². The molecule has 0 saturated carbocycles. The molecule has 1 saturated heterocycles. The maximum atomic E-state index is 5.99. The third-order valence-corrected chi connectivity index (χ3v) is 5.63. The second kappa shape index (κ2) is 7.07. The van der Waals surface area contributed by atoms with Gasteiger partial charge in [0.1, 0.15) is 0 Å². The Morgan fingerprint density at radius 1 is 1.37 bits per heavy atom. The number of thiophene rings is 1. The van der Waals surface area contributed by atoms with E-state index in [2.05, 4.69) is 30.1 Å². The SMILES string of the molecule is CCC1(CC)CN(CCc2ccc(Cl)s2)CCCN1. The molecule has 2 rings (SSSR count). The predicted molar refractivity (Wildman–Crippen MR) is 85.4 cm³/mol. The molecule has 0 amide bonds. The minimum Gasteiger partial charge on any atom is -0.310 e. The summed E-state index contributed by atoms with van der Waals surface area (Å²) in [6.07, 6.45) is 4.81. The lowest BCUT2D eigenvalue weighted by Gasteiger charge is -2.35. The van der Waals surface area contributed by atoms with E-state index in [1.807, 2.05) is 6.07 Å². The van der Waals surface area contributed by atoms with Crippen LogP contribution in [0.3, 0.4) is 0 Å². The lowest BCUT2D eigenvalue weighted by atomic mass is 9.92. The molecule has 0 atom stereocenters.